The lowest BCUT2D eigenvalue weighted by molar-refractivity contribution is 0.177. The van der Waals surface area contributed by atoms with Gasteiger partial charge in [-0.2, -0.15) is 5.10 Å². The maximum atomic E-state index is 5.11. The second-order valence-corrected chi connectivity index (χ2v) is 5.97. The van der Waals surface area contributed by atoms with Gasteiger partial charge in [-0.15, -0.1) is 24.0 Å². The van der Waals surface area contributed by atoms with Crippen LogP contribution in [0.25, 0.3) is 0 Å². The Kier molecular flexibility index (Phi) is 10.3. The van der Waals surface area contributed by atoms with E-state index in [1.807, 2.05) is 11.7 Å². The summed E-state index contributed by atoms with van der Waals surface area (Å²) in [7, 11) is 3.48. The van der Waals surface area contributed by atoms with Crippen molar-refractivity contribution < 1.29 is 4.74 Å². The SMILES string of the molecule is CCN(CC)CCNC(=NC)NC1CCc2nc(COC)nn2C1.I. The van der Waals surface area contributed by atoms with Gasteiger partial charge < -0.3 is 20.3 Å². The molecule has 0 bridgehead atoms. The van der Waals surface area contributed by atoms with Gasteiger partial charge in [-0.05, 0) is 19.5 Å². The molecule has 0 radical (unpaired) electrons. The van der Waals surface area contributed by atoms with Crippen LogP contribution in [0.5, 0.6) is 0 Å². The zero-order chi connectivity index (χ0) is 17.4. The van der Waals surface area contributed by atoms with Gasteiger partial charge >= 0.3 is 0 Å². The van der Waals surface area contributed by atoms with Crippen LogP contribution in [0.15, 0.2) is 4.99 Å². The molecule has 25 heavy (non-hydrogen) atoms. The van der Waals surface area contributed by atoms with E-state index in [1.165, 1.54) is 0 Å². The molecular formula is C16H32IN7O. The molecule has 1 unspecified atom stereocenters. The van der Waals surface area contributed by atoms with Crippen LogP contribution in [0, 0.1) is 0 Å². The average molecular weight is 465 g/mol. The number of aromatic nitrogens is 3. The highest BCUT2D eigenvalue weighted by molar-refractivity contribution is 14.0. The van der Waals surface area contributed by atoms with Crippen LogP contribution in [0.2, 0.25) is 0 Å². The molecule has 1 aromatic rings. The minimum Gasteiger partial charge on any atom is -0.377 e. The number of aryl methyl sites for hydroxylation is 1. The van der Waals surface area contributed by atoms with Crippen molar-refractivity contribution in [1.82, 2.24) is 30.3 Å². The predicted molar refractivity (Wildman–Crippen MR) is 111 cm³/mol. The van der Waals surface area contributed by atoms with Crippen LogP contribution < -0.4 is 10.6 Å². The summed E-state index contributed by atoms with van der Waals surface area (Å²) in [6.45, 7) is 9.71. The van der Waals surface area contributed by atoms with Gasteiger partial charge in [0.25, 0.3) is 0 Å². The minimum absolute atomic E-state index is 0. The highest BCUT2D eigenvalue weighted by atomic mass is 127. The highest BCUT2D eigenvalue weighted by Crippen LogP contribution is 2.13. The fourth-order valence-electron chi connectivity index (χ4n) is 2.93. The molecule has 9 heteroatoms. The normalized spacial score (nSPS) is 17.2. The van der Waals surface area contributed by atoms with Gasteiger partial charge in [-0.25, -0.2) is 9.67 Å². The Balaban J connectivity index is 0.00000312. The van der Waals surface area contributed by atoms with Crippen LogP contribution in [0.1, 0.15) is 31.9 Å². The van der Waals surface area contributed by atoms with Gasteiger partial charge in [0.15, 0.2) is 11.8 Å². The van der Waals surface area contributed by atoms with Crippen molar-refractivity contribution in [3.8, 4) is 0 Å². The Labute approximate surface area is 167 Å². The molecule has 1 aliphatic heterocycles. The summed E-state index contributed by atoms with van der Waals surface area (Å²) in [6, 6.07) is 0.314. The Morgan fingerprint density at radius 1 is 1.40 bits per heavy atom. The van der Waals surface area contributed by atoms with Crippen molar-refractivity contribution in [3.63, 3.8) is 0 Å². The third-order valence-electron chi connectivity index (χ3n) is 4.35. The number of nitrogens with zero attached hydrogens (tertiary/aromatic N) is 5. The van der Waals surface area contributed by atoms with Crippen molar-refractivity contribution >= 4 is 29.9 Å². The van der Waals surface area contributed by atoms with Crippen molar-refractivity contribution in [1.29, 1.82) is 0 Å². The Bertz CT molecular complexity index is 531. The van der Waals surface area contributed by atoms with Crippen molar-refractivity contribution in [2.75, 3.05) is 40.3 Å². The van der Waals surface area contributed by atoms with Gasteiger partial charge in [-0.3, -0.25) is 4.99 Å². The summed E-state index contributed by atoms with van der Waals surface area (Å²) in [6.07, 6.45) is 1.95. The predicted octanol–water partition coefficient (Wildman–Crippen LogP) is 0.864. The van der Waals surface area contributed by atoms with Crippen LogP contribution in [-0.4, -0.2) is 72.0 Å². The lowest BCUT2D eigenvalue weighted by Gasteiger charge is -2.26. The third-order valence-corrected chi connectivity index (χ3v) is 4.35. The number of nitrogens with one attached hydrogen (secondary N) is 2. The number of hydrogen-bond donors (Lipinski definition) is 2. The molecule has 0 saturated heterocycles. The summed E-state index contributed by atoms with van der Waals surface area (Å²) >= 11 is 0. The number of guanidine groups is 1. The fourth-order valence-corrected chi connectivity index (χ4v) is 2.93. The first-order valence-electron chi connectivity index (χ1n) is 8.81. The largest absolute Gasteiger partial charge is 0.377 e. The molecule has 1 aliphatic rings. The molecule has 8 nitrogen and oxygen atoms in total. The summed E-state index contributed by atoms with van der Waals surface area (Å²) in [5, 5.41) is 11.4. The van der Waals surface area contributed by atoms with E-state index in [2.05, 4.69) is 44.5 Å². The molecule has 0 fully saturated rings. The van der Waals surface area contributed by atoms with E-state index in [9.17, 15) is 0 Å². The second-order valence-electron chi connectivity index (χ2n) is 5.97. The van der Waals surface area contributed by atoms with E-state index in [-0.39, 0.29) is 24.0 Å². The van der Waals surface area contributed by atoms with Gasteiger partial charge in [0.2, 0.25) is 0 Å². The van der Waals surface area contributed by atoms with Crippen molar-refractivity contribution in [2.24, 2.45) is 4.99 Å². The smallest absolute Gasteiger partial charge is 0.191 e. The molecular weight excluding hydrogens is 433 g/mol. The van der Waals surface area contributed by atoms with Crippen LogP contribution >= 0.6 is 24.0 Å². The average Bonchev–Trinajstić information content (AvgIpc) is 2.99. The summed E-state index contributed by atoms with van der Waals surface area (Å²) in [5.41, 5.74) is 0. The Hall–Kier alpha value is -0.940. The minimum atomic E-state index is 0. The van der Waals surface area contributed by atoms with E-state index in [0.29, 0.717) is 12.6 Å². The fraction of sp³-hybridized carbons (Fsp3) is 0.812. The molecule has 2 rings (SSSR count). The molecule has 144 valence electrons. The zero-order valence-electron chi connectivity index (χ0n) is 15.8. The first-order valence-corrected chi connectivity index (χ1v) is 8.81. The monoisotopic (exact) mass is 465 g/mol. The molecule has 2 heterocycles. The molecule has 0 spiro atoms. The first kappa shape index (κ1) is 22.1. The quantitative estimate of drug-likeness (QED) is 0.337. The highest BCUT2D eigenvalue weighted by Gasteiger charge is 2.22. The molecule has 1 atom stereocenters. The number of rotatable bonds is 8. The van der Waals surface area contributed by atoms with Crippen LogP contribution in [0.3, 0.4) is 0 Å². The third kappa shape index (κ3) is 6.70. The van der Waals surface area contributed by atoms with Crippen molar-refractivity contribution in [3.05, 3.63) is 11.6 Å². The lowest BCUT2D eigenvalue weighted by Crippen LogP contribution is -2.48. The standard InChI is InChI=1S/C16H31N7O.HI/c1-5-22(6-2)10-9-18-16(17-3)19-13-7-8-15-20-14(12-24-4)21-23(15)11-13;/h13H,5-12H2,1-4H3,(H2,17,18,19);1H. The van der Waals surface area contributed by atoms with E-state index >= 15 is 0 Å². The maximum absolute atomic E-state index is 5.11. The summed E-state index contributed by atoms with van der Waals surface area (Å²) in [5.74, 6) is 2.66. The number of likely N-dealkylation sites (N-methyl/N-ethyl adjacent to an activating group) is 1. The number of aliphatic imine (C=N–C) groups is 1. The molecule has 0 aliphatic carbocycles. The number of fused-ring (bicyclic) bond motifs is 1. The van der Waals surface area contributed by atoms with Crippen molar-refractivity contribution in [2.45, 2.75) is 45.9 Å². The molecule has 0 saturated carbocycles. The van der Waals surface area contributed by atoms with Crippen LogP contribution in [0.4, 0.5) is 0 Å². The molecule has 0 amide bonds. The van der Waals surface area contributed by atoms with Gasteiger partial charge in [0.05, 0.1) is 6.54 Å². The summed E-state index contributed by atoms with van der Waals surface area (Å²) < 4.78 is 7.09. The Morgan fingerprint density at radius 3 is 2.80 bits per heavy atom. The van der Waals surface area contributed by atoms with E-state index in [0.717, 1.165) is 63.2 Å². The number of ether oxygens (including phenoxy) is 1. The second kappa shape index (κ2) is 11.6. The maximum Gasteiger partial charge on any atom is 0.191 e. The molecule has 1 aromatic heterocycles. The number of hydrogen-bond acceptors (Lipinski definition) is 5. The van der Waals surface area contributed by atoms with Crippen LogP contribution in [-0.2, 0) is 24.3 Å². The van der Waals surface area contributed by atoms with Gasteiger partial charge in [-0.1, -0.05) is 13.8 Å². The Morgan fingerprint density at radius 2 is 2.16 bits per heavy atom. The van der Waals surface area contributed by atoms with Gasteiger partial charge in [0, 0.05) is 39.7 Å². The van der Waals surface area contributed by atoms with E-state index in [1.54, 1.807) is 7.11 Å². The lowest BCUT2D eigenvalue weighted by atomic mass is 10.1. The van der Waals surface area contributed by atoms with E-state index in [4.69, 9.17) is 4.74 Å². The first-order chi connectivity index (χ1) is 11.7. The molecule has 2 N–H and O–H groups in total. The van der Waals surface area contributed by atoms with E-state index < -0.39 is 0 Å². The zero-order valence-corrected chi connectivity index (χ0v) is 18.1. The van der Waals surface area contributed by atoms with Gasteiger partial charge in [0.1, 0.15) is 12.4 Å². The topological polar surface area (TPSA) is 79.6 Å². The summed E-state index contributed by atoms with van der Waals surface area (Å²) in [4.78, 5) is 11.2. The number of methoxy groups -OCH3 is 1. The molecule has 0 aromatic carbocycles. The number of halogens is 1.